The van der Waals surface area contributed by atoms with Crippen molar-refractivity contribution in [3.63, 3.8) is 0 Å². The van der Waals surface area contributed by atoms with Crippen LogP contribution < -0.4 is 5.73 Å². The molecule has 0 fully saturated rings. The molecule has 0 aliphatic carbocycles. The Hall–Kier alpha value is -1.68. The molecule has 2 N–H and O–H groups in total. The summed E-state index contributed by atoms with van der Waals surface area (Å²) in [6.45, 7) is 2.19. The number of nitrogens with zero attached hydrogens (tertiary/aromatic N) is 2. The van der Waals surface area contributed by atoms with Crippen molar-refractivity contribution in [3.05, 3.63) is 29.4 Å². The normalized spacial score (nSPS) is 11.4. The van der Waals surface area contributed by atoms with E-state index in [9.17, 15) is 0 Å². The molecule has 0 atom stereocenters. The molecule has 3 nitrogen and oxygen atoms in total. The van der Waals surface area contributed by atoms with E-state index in [1.807, 2.05) is 24.4 Å². The summed E-state index contributed by atoms with van der Waals surface area (Å²) in [5, 5.41) is 2.25. The van der Waals surface area contributed by atoms with Crippen molar-refractivity contribution in [1.29, 1.82) is 0 Å². The molecule has 0 aliphatic heterocycles. The van der Waals surface area contributed by atoms with E-state index in [1.165, 1.54) is 12.8 Å². The van der Waals surface area contributed by atoms with E-state index in [1.54, 1.807) is 11.3 Å². The minimum absolute atomic E-state index is 0.754. The Morgan fingerprint density at radius 1 is 1.33 bits per heavy atom. The summed E-state index contributed by atoms with van der Waals surface area (Å²) in [6, 6.07) is 5.95. The van der Waals surface area contributed by atoms with Gasteiger partial charge in [0.1, 0.15) is 5.52 Å². The molecule has 18 heavy (non-hydrogen) atoms. The summed E-state index contributed by atoms with van der Waals surface area (Å²) in [6.07, 6.45) is 5.21. The lowest BCUT2D eigenvalue weighted by Crippen LogP contribution is -1.89. The van der Waals surface area contributed by atoms with Crippen molar-refractivity contribution in [1.82, 2.24) is 9.97 Å². The number of rotatable bonds is 3. The summed E-state index contributed by atoms with van der Waals surface area (Å²) < 4.78 is 1.12. The molecule has 0 aliphatic rings. The zero-order valence-electron chi connectivity index (χ0n) is 10.3. The van der Waals surface area contributed by atoms with Gasteiger partial charge in [0.25, 0.3) is 0 Å². The van der Waals surface area contributed by atoms with Gasteiger partial charge >= 0.3 is 0 Å². The van der Waals surface area contributed by atoms with Gasteiger partial charge in [-0.25, -0.2) is 4.98 Å². The van der Waals surface area contributed by atoms with Gasteiger partial charge in [-0.3, -0.25) is 4.98 Å². The Bertz CT molecular complexity index is 703. The summed E-state index contributed by atoms with van der Waals surface area (Å²) in [5.74, 6) is 0. The van der Waals surface area contributed by atoms with Crippen LogP contribution >= 0.6 is 11.3 Å². The number of hydrogen-bond acceptors (Lipinski definition) is 4. The molecule has 0 bridgehead atoms. The molecule has 1 aromatic carbocycles. The average Bonchev–Trinajstić information content (AvgIpc) is 2.81. The van der Waals surface area contributed by atoms with Gasteiger partial charge in [-0.2, -0.15) is 0 Å². The van der Waals surface area contributed by atoms with Crippen LogP contribution in [0.3, 0.4) is 0 Å². The second-order valence-electron chi connectivity index (χ2n) is 4.43. The molecule has 92 valence electrons. The molecule has 2 heterocycles. The Morgan fingerprint density at radius 2 is 2.22 bits per heavy atom. The molecule has 4 heteroatoms. The predicted octanol–water partition coefficient (Wildman–Crippen LogP) is 3.77. The largest absolute Gasteiger partial charge is 0.397 e. The summed E-state index contributed by atoms with van der Waals surface area (Å²) in [5.41, 5.74) is 8.76. The Kier molecular flexibility index (Phi) is 2.88. The number of nitrogen functional groups attached to an aromatic ring is 1. The van der Waals surface area contributed by atoms with Crippen LogP contribution in [0.15, 0.2) is 24.4 Å². The van der Waals surface area contributed by atoms with Gasteiger partial charge in [0.2, 0.25) is 0 Å². The molecule has 0 radical (unpaired) electrons. The molecule has 0 saturated carbocycles. The highest BCUT2D eigenvalue weighted by atomic mass is 32.1. The first kappa shape index (κ1) is 11.4. The highest BCUT2D eigenvalue weighted by Crippen LogP contribution is 2.33. The van der Waals surface area contributed by atoms with Gasteiger partial charge in [0.15, 0.2) is 0 Å². The van der Waals surface area contributed by atoms with Crippen molar-refractivity contribution in [3.8, 4) is 0 Å². The third-order valence-electron chi connectivity index (χ3n) is 3.05. The number of fused-ring (bicyclic) bond motifs is 3. The SMILES string of the molecule is CCCCc1nc2c(N)cc3cccnc3c2s1. The first-order valence-corrected chi connectivity index (χ1v) is 7.04. The number of hydrogen-bond donors (Lipinski definition) is 1. The smallest absolute Gasteiger partial charge is 0.107 e. The number of unbranched alkanes of at least 4 members (excludes halogenated alkanes) is 1. The van der Waals surface area contributed by atoms with Crippen LogP contribution in [0.2, 0.25) is 0 Å². The highest BCUT2D eigenvalue weighted by molar-refractivity contribution is 7.19. The minimum Gasteiger partial charge on any atom is -0.397 e. The second kappa shape index (κ2) is 4.53. The summed E-state index contributed by atoms with van der Waals surface area (Å²) in [7, 11) is 0. The summed E-state index contributed by atoms with van der Waals surface area (Å²) >= 11 is 1.73. The third-order valence-corrected chi connectivity index (χ3v) is 4.18. The van der Waals surface area contributed by atoms with E-state index in [0.717, 1.165) is 38.2 Å². The van der Waals surface area contributed by atoms with Gasteiger partial charge in [-0.1, -0.05) is 19.4 Å². The monoisotopic (exact) mass is 257 g/mol. The van der Waals surface area contributed by atoms with E-state index < -0.39 is 0 Å². The Labute approximate surface area is 110 Å². The molecule has 0 amide bonds. The van der Waals surface area contributed by atoms with Gasteiger partial charge < -0.3 is 5.73 Å². The lowest BCUT2D eigenvalue weighted by Gasteiger charge is -1.99. The average molecular weight is 257 g/mol. The van der Waals surface area contributed by atoms with Gasteiger partial charge in [-0.05, 0) is 25.0 Å². The fourth-order valence-electron chi connectivity index (χ4n) is 2.12. The van der Waals surface area contributed by atoms with Crippen molar-refractivity contribution in [2.45, 2.75) is 26.2 Å². The van der Waals surface area contributed by atoms with Crippen molar-refractivity contribution >= 4 is 38.1 Å². The topological polar surface area (TPSA) is 51.8 Å². The molecule has 3 rings (SSSR count). The molecule has 3 aromatic rings. The number of pyridine rings is 1. The molecule has 0 spiro atoms. The van der Waals surface area contributed by atoms with E-state index in [2.05, 4.69) is 16.9 Å². The zero-order chi connectivity index (χ0) is 12.5. The minimum atomic E-state index is 0.754. The van der Waals surface area contributed by atoms with Gasteiger partial charge in [-0.15, -0.1) is 11.3 Å². The fraction of sp³-hybridized carbons (Fsp3) is 0.286. The van der Waals surface area contributed by atoms with Crippen LogP contribution in [0, 0.1) is 0 Å². The predicted molar refractivity (Wildman–Crippen MR) is 77.9 cm³/mol. The van der Waals surface area contributed by atoms with Gasteiger partial charge in [0.05, 0.1) is 20.9 Å². The highest BCUT2D eigenvalue weighted by Gasteiger charge is 2.11. The second-order valence-corrected chi connectivity index (χ2v) is 5.51. The van der Waals surface area contributed by atoms with Crippen molar-refractivity contribution < 1.29 is 0 Å². The van der Waals surface area contributed by atoms with E-state index >= 15 is 0 Å². The first-order valence-electron chi connectivity index (χ1n) is 6.22. The molecule has 2 aromatic heterocycles. The fourth-order valence-corrected chi connectivity index (χ4v) is 3.26. The standard InChI is InChI=1S/C14H15N3S/c1-2-3-6-11-17-13-10(15)8-9-5-4-7-16-12(9)14(13)18-11/h4-5,7-8H,2-3,6,15H2,1H3. The summed E-state index contributed by atoms with van der Waals surface area (Å²) in [4.78, 5) is 9.11. The maximum Gasteiger partial charge on any atom is 0.107 e. The lowest BCUT2D eigenvalue weighted by atomic mass is 10.2. The molecule has 0 saturated heterocycles. The number of anilines is 1. The number of aromatic nitrogens is 2. The Morgan fingerprint density at radius 3 is 3.06 bits per heavy atom. The van der Waals surface area contributed by atoms with E-state index in [4.69, 9.17) is 5.73 Å². The van der Waals surface area contributed by atoms with Crippen LogP contribution in [-0.2, 0) is 6.42 Å². The number of benzene rings is 1. The number of aryl methyl sites for hydroxylation is 1. The Balaban J connectivity index is 2.24. The van der Waals surface area contributed by atoms with Crippen molar-refractivity contribution in [2.75, 3.05) is 5.73 Å². The quantitative estimate of drug-likeness (QED) is 0.727. The molecular weight excluding hydrogens is 242 g/mol. The number of thiazole rings is 1. The van der Waals surface area contributed by atoms with Crippen LogP contribution in [-0.4, -0.2) is 9.97 Å². The van der Waals surface area contributed by atoms with E-state index in [0.29, 0.717) is 0 Å². The van der Waals surface area contributed by atoms with Crippen LogP contribution in [0.25, 0.3) is 21.1 Å². The van der Waals surface area contributed by atoms with Crippen molar-refractivity contribution in [2.24, 2.45) is 0 Å². The maximum absolute atomic E-state index is 6.08. The third kappa shape index (κ3) is 1.82. The van der Waals surface area contributed by atoms with Gasteiger partial charge in [0, 0.05) is 11.6 Å². The first-order chi connectivity index (χ1) is 8.79. The maximum atomic E-state index is 6.08. The lowest BCUT2D eigenvalue weighted by molar-refractivity contribution is 0.791. The van der Waals surface area contributed by atoms with Crippen LogP contribution in [0.4, 0.5) is 5.69 Å². The van der Waals surface area contributed by atoms with Crippen LogP contribution in [0.1, 0.15) is 24.8 Å². The number of nitrogens with two attached hydrogens (primary N) is 1. The molecular formula is C14H15N3S. The van der Waals surface area contributed by atoms with Crippen LogP contribution in [0.5, 0.6) is 0 Å². The molecule has 0 unspecified atom stereocenters. The zero-order valence-corrected chi connectivity index (χ0v) is 11.1. The van der Waals surface area contributed by atoms with E-state index in [-0.39, 0.29) is 0 Å².